The third kappa shape index (κ3) is 1.71. The van der Waals surface area contributed by atoms with Gasteiger partial charge in [0.25, 0.3) is 0 Å². The molecule has 1 aliphatic rings. The van der Waals surface area contributed by atoms with Gasteiger partial charge < -0.3 is 20.1 Å². The van der Waals surface area contributed by atoms with Gasteiger partial charge in [-0.15, -0.1) is 0 Å². The van der Waals surface area contributed by atoms with Crippen molar-refractivity contribution in [3.05, 3.63) is 22.3 Å². The average molecular weight is 266 g/mol. The fourth-order valence-corrected chi connectivity index (χ4v) is 2.41. The molecule has 6 heteroatoms. The van der Waals surface area contributed by atoms with Crippen LogP contribution in [0.5, 0.6) is 11.5 Å². The van der Waals surface area contributed by atoms with Crippen molar-refractivity contribution >= 4 is 11.9 Å². The number of ether oxygens (including phenoxy) is 1. The Morgan fingerprint density at radius 1 is 1.21 bits per heavy atom. The predicted molar refractivity (Wildman–Crippen MR) is 64.8 cm³/mol. The van der Waals surface area contributed by atoms with Gasteiger partial charge in [-0.1, -0.05) is 6.92 Å². The van der Waals surface area contributed by atoms with Gasteiger partial charge in [0.1, 0.15) is 28.7 Å². The first-order valence-corrected chi connectivity index (χ1v) is 5.80. The highest BCUT2D eigenvalue weighted by atomic mass is 16.5. The van der Waals surface area contributed by atoms with Gasteiger partial charge in [0, 0.05) is 5.92 Å². The second-order valence-corrected chi connectivity index (χ2v) is 4.69. The number of hydrogen-bond donors (Lipinski definition) is 3. The molecule has 0 amide bonds. The summed E-state index contributed by atoms with van der Waals surface area (Å²) in [6.45, 7) is 4.99. The van der Waals surface area contributed by atoms with E-state index in [0.717, 1.165) is 0 Å². The first kappa shape index (κ1) is 13.2. The van der Waals surface area contributed by atoms with Crippen molar-refractivity contribution in [3.8, 4) is 11.5 Å². The number of carboxylic acid groups (broad SMARTS) is 1. The van der Waals surface area contributed by atoms with Crippen LogP contribution in [0, 0.1) is 6.92 Å². The lowest BCUT2D eigenvalue weighted by molar-refractivity contribution is 0.0235. The second kappa shape index (κ2) is 4.15. The lowest BCUT2D eigenvalue weighted by Crippen LogP contribution is -2.30. The number of aromatic carboxylic acids is 1. The summed E-state index contributed by atoms with van der Waals surface area (Å²) in [5.74, 6) is -3.78. The second-order valence-electron chi connectivity index (χ2n) is 4.69. The molecule has 1 aromatic rings. The van der Waals surface area contributed by atoms with Crippen LogP contribution in [0.1, 0.15) is 51.6 Å². The summed E-state index contributed by atoms with van der Waals surface area (Å²) in [6.07, 6.45) is -0.409. The Morgan fingerprint density at radius 2 is 1.79 bits per heavy atom. The molecular formula is C13H14O6. The molecule has 0 bridgehead atoms. The monoisotopic (exact) mass is 266 g/mol. The topological polar surface area (TPSA) is 104 Å². The first-order valence-electron chi connectivity index (χ1n) is 5.80. The molecule has 0 saturated heterocycles. The molecule has 2 rings (SSSR count). The Bertz CT molecular complexity index is 590. The van der Waals surface area contributed by atoms with Crippen LogP contribution in [-0.2, 0) is 4.74 Å². The maximum absolute atomic E-state index is 11.8. The molecular weight excluding hydrogens is 252 g/mol. The van der Waals surface area contributed by atoms with E-state index in [4.69, 9.17) is 9.84 Å². The Labute approximate surface area is 109 Å². The van der Waals surface area contributed by atoms with E-state index in [0.29, 0.717) is 5.56 Å². The number of benzene rings is 1. The van der Waals surface area contributed by atoms with Crippen LogP contribution in [0.3, 0.4) is 0 Å². The van der Waals surface area contributed by atoms with Crippen LogP contribution in [0.15, 0.2) is 0 Å². The molecule has 1 aromatic carbocycles. The molecule has 0 unspecified atom stereocenters. The molecule has 3 N–H and O–H groups in total. The molecule has 1 aliphatic heterocycles. The number of fused-ring (bicyclic) bond motifs is 1. The van der Waals surface area contributed by atoms with E-state index in [1.54, 1.807) is 13.8 Å². The quantitative estimate of drug-likeness (QED) is 0.669. The number of rotatable bonds is 1. The minimum absolute atomic E-state index is 0.168. The van der Waals surface area contributed by atoms with Crippen molar-refractivity contribution in [2.75, 3.05) is 0 Å². The maximum atomic E-state index is 11.8. The van der Waals surface area contributed by atoms with Gasteiger partial charge in [0.15, 0.2) is 0 Å². The molecule has 0 saturated carbocycles. The summed E-state index contributed by atoms with van der Waals surface area (Å²) in [7, 11) is 0. The van der Waals surface area contributed by atoms with Crippen LogP contribution in [-0.4, -0.2) is 33.4 Å². The normalized spacial score (nSPS) is 21.7. The Kier molecular flexibility index (Phi) is 2.88. The SMILES string of the molecule is Cc1c(O)c(C(=O)O)c(O)c2c1[C@@H](C)[C@H](C)OC2=O. The summed E-state index contributed by atoms with van der Waals surface area (Å²) < 4.78 is 5.06. The van der Waals surface area contributed by atoms with E-state index >= 15 is 0 Å². The van der Waals surface area contributed by atoms with Gasteiger partial charge >= 0.3 is 11.9 Å². The lowest BCUT2D eigenvalue weighted by Gasteiger charge is -2.30. The van der Waals surface area contributed by atoms with Crippen molar-refractivity contribution in [3.63, 3.8) is 0 Å². The largest absolute Gasteiger partial charge is 0.507 e. The standard InChI is InChI=1S/C13H14O6/c1-4-6(3)19-13(18)8-7(4)5(2)10(14)9(11(8)15)12(16)17/h4,6,14-15H,1-3H3,(H,16,17)/t4-,6-/m0/s1. The van der Waals surface area contributed by atoms with Crippen molar-refractivity contribution in [2.24, 2.45) is 0 Å². The van der Waals surface area contributed by atoms with E-state index in [1.807, 2.05) is 0 Å². The molecule has 0 radical (unpaired) electrons. The molecule has 0 spiro atoms. The number of phenols is 2. The fraction of sp³-hybridized carbons (Fsp3) is 0.385. The van der Waals surface area contributed by atoms with Crippen molar-refractivity contribution in [1.82, 2.24) is 0 Å². The summed E-state index contributed by atoms with van der Waals surface area (Å²) in [5.41, 5.74) is -0.127. The molecule has 0 aliphatic carbocycles. The van der Waals surface area contributed by atoms with Crippen molar-refractivity contribution in [1.29, 1.82) is 0 Å². The summed E-state index contributed by atoms with van der Waals surface area (Å²) >= 11 is 0. The van der Waals surface area contributed by atoms with Crippen LogP contribution in [0.25, 0.3) is 0 Å². The number of carbonyl (C=O) groups is 2. The summed E-state index contributed by atoms with van der Waals surface area (Å²) in [4.78, 5) is 22.9. The molecule has 1 heterocycles. The lowest BCUT2D eigenvalue weighted by atomic mass is 9.83. The van der Waals surface area contributed by atoms with Crippen LogP contribution in [0.2, 0.25) is 0 Å². The zero-order valence-electron chi connectivity index (χ0n) is 10.7. The van der Waals surface area contributed by atoms with Gasteiger partial charge in [-0.25, -0.2) is 9.59 Å². The van der Waals surface area contributed by atoms with E-state index in [1.165, 1.54) is 6.92 Å². The number of carbonyl (C=O) groups excluding carboxylic acids is 1. The molecule has 102 valence electrons. The summed E-state index contributed by atoms with van der Waals surface area (Å²) in [5, 5.41) is 28.8. The molecule has 0 aromatic heterocycles. The highest BCUT2D eigenvalue weighted by Crippen LogP contribution is 2.44. The molecule has 6 nitrogen and oxygen atoms in total. The third-order valence-electron chi connectivity index (χ3n) is 3.61. The zero-order chi connectivity index (χ0) is 14.5. The zero-order valence-corrected chi connectivity index (χ0v) is 10.7. The van der Waals surface area contributed by atoms with E-state index in [-0.39, 0.29) is 17.0 Å². The minimum atomic E-state index is -1.50. The van der Waals surface area contributed by atoms with Crippen LogP contribution < -0.4 is 0 Å². The van der Waals surface area contributed by atoms with E-state index < -0.39 is 35.1 Å². The Morgan fingerprint density at radius 3 is 2.32 bits per heavy atom. The molecule has 0 fully saturated rings. The fourth-order valence-electron chi connectivity index (χ4n) is 2.41. The Balaban J connectivity index is 2.87. The van der Waals surface area contributed by atoms with E-state index in [2.05, 4.69) is 0 Å². The van der Waals surface area contributed by atoms with Gasteiger partial charge in [-0.3, -0.25) is 0 Å². The molecule has 19 heavy (non-hydrogen) atoms. The van der Waals surface area contributed by atoms with Crippen LogP contribution >= 0.6 is 0 Å². The first-order chi connectivity index (χ1) is 8.77. The highest BCUT2D eigenvalue weighted by Gasteiger charge is 2.38. The van der Waals surface area contributed by atoms with Gasteiger partial charge in [0.2, 0.25) is 0 Å². The number of hydrogen-bond acceptors (Lipinski definition) is 5. The number of cyclic esters (lactones) is 1. The van der Waals surface area contributed by atoms with E-state index in [9.17, 15) is 19.8 Å². The smallest absolute Gasteiger partial charge is 0.343 e. The van der Waals surface area contributed by atoms with Crippen molar-refractivity contribution < 1.29 is 29.6 Å². The summed E-state index contributed by atoms with van der Waals surface area (Å²) in [6, 6.07) is 0. The van der Waals surface area contributed by atoms with Gasteiger partial charge in [-0.05, 0) is 25.0 Å². The number of aromatic hydroxyl groups is 2. The number of carboxylic acids is 1. The number of esters is 1. The third-order valence-corrected chi connectivity index (χ3v) is 3.61. The van der Waals surface area contributed by atoms with Gasteiger partial charge in [-0.2, -0.15) is 0 Å². The minimum Gasteiger partial charge on any atom is -0.507 e. The average Bonchev–Trinajstić information content (AvgIpc) is 2.30. The Hall–Kier alpha value is -2.24. The molecule has 2 atom stereocenters. The van der Waals surface area contributed by atoms with Gasteiger partial charge in [0.05, 0.1) is 0 Å². The van der Waals surface area contributed by atoms with Crippen LogP contribution in [0.4, 0.5) is 0 Å². The van der Waals surface area contributed by atoms with Crippen molar-refractivity contribution in [2.45, 2.75) is 32.8 Å². The maximum Gasteiger partial charge on any atom is 0.343 e. The highest BCUT2D eigenvalue weighted by molar-refractivity contribution is 6.03. The predicted octanol–water partition coefficient (Wildman–Crippen LogP) is 1.77.